The maximum Gasteiger partial charge on any atom is 0.218 e. The van der Waals surface area contributed by atoms with E-state index in [0.29, 0.717) is 23.8 Å². The third-order valence-electron chi connectivity index (χ3n) is 2.58. The number of nitriles is 1. The molecule has 0 saturated heterocycles. The minimum Gasteiger partial charge on any atom is -0.475 e. The quantitative estimate of drug-likeness (QED) is 0.857. The Morgan fingerprint density at radius 2 is 2.24 bits per heavy atom. The van der Waals surface area contributed by atoms with Crippen molar-refractivity contribution in [3.05, 3.63) is 46.7 Å². The van der Waals surface area contributed by atoms with E-state index in [1.165, 1.54) is 6.07 Å². The van der Waals surface area contributed by atoms with Gasteiger partial charge in [-0.1, -0.05) is 17.7 Å². The SMILES string of the molecule is CC(C)Oc1ncccc1CNc1cc(C#N)cc(Cl)n1. The summed E-state index contributed by atoms with van der Waals surface area (Å²) in [6.07, 6.45) is 1.74. The number of hydrogen-bond acceptors (Lipinski definition) is 5. The van der Waals surface area contributed by atoms with Crippen molar-refractivity contribution in [1.82, 2.24) is 9.97 Å². The lowest BCUT2D eigenvalue weighted by atomic mass is 10.2. The number of pyridine rings is 2. The fourth-order valence-corrected chi connectivity index (χ4v) is 1.93. The Hall–Kier alpha value is -2.32. The van der Waals surface area contributed by atoms with E-state index in [4.69, 9.17) is 21.6 Å². The summed E-state index contributed by atoms with van der Waals surface area (Å²) in [7, 11) is 0. The molecule has 0 saturated carbocycles. The van der Waals surface area contributed by atoms with Gasteiger partial charge >= 0.3 is 0 Å². The number of aromatic nitrogens is 2. The van der Waals surface area contributed by atoms with Crippen LogP contribution < -0.4 is 10.1 Å². The van der Waals surface area contributed by atoms with E-state index in [2.05, 4.69) is 15.3 Å². The largest absolute Gasteiger partial charge is 0.475 e. The molecule has 0 aliphatic rings. The minimum absolute atomic E-state index is 0.0492. The van der Waals surface area contributed by atoms with Crippen LogP contribution in [0.5, 0.6) is 5.88 Å². The second kappa shape index (κ2) is 6.91. The zero-order valence-electron chi connectivity index (χ0n) is 11.8. The fourth-order valence-electron chi connectivity index (χ4n) is 1.73. The highest BCUT2D eigenvalue weighted by Crippen LogP contribution is 2.19. The molecule has 2 heterocycles. The van der Waals surface area contributed by atoms with E-state index in [9.17, 15) is 0 Å². The first-order valence-corrected chi connectivity index (χ1v) is 6.88. The summed E-state index contributed by atoms with van der Waals surface area (Å²) >= 11 is 5.87. The monoisotopic (exact) mass is 302 g/mol. The Morgan fingerprint density at radius 3 is 2.95 bits per heavy atom. The average Bonchev–Trinajstić information content (AvgIpc) is 2.45. The zero-order valence-corrected chi connectivity index (χ0v) is 12.6. The smallest absolute Gasteiger partial charge is 0.218 e. The van der Waals surface area contributed by atoms with Gasteiger partial charge in [0.25, 0.3) is 0 Å². The highest BCUT2D eigenvalue weighted by atomic mass is 35.5. The van der Waals surface area contributed by atoms with Crippen molar-refractivity contribution in [2.45, 2.75) is 26.5 Å². The lowest BCUT2D eigenvalue weighted by molar-refractivity contribution is 0.230. The second-order valence-corrected chi connectivity index (χ2v) is 5.05. The van der Waals surface area contributed by atoms with Gasteiger partial charge in [-0.3, -0.25) is 0 Å². The molecule has 0 aromatic carbocycles. The summed E-state index contributed by atoms with van der Waals surface area (Å²) in [5.74, 6) is 1.13. The Kier molecular flexibility index (Phi) is 4.96. The van der Waals surface area contributed by atoms with Gasteiger partial charge in [-0.05, 0) is 32.0 Å². The molecule has 0 unspecified atom stereocenters. The highest BCUT2D eigenvalue weighted by Gasteiger charge is 2.07. The van der Waals surface area contributed by atoms with Gasteiger partial charge in [0.2, 0.25) is 5.88 Å². The number of nitrogens with zero attached hydrogens (tertiary/aromatic N) is 3. The summed E-state index contributed by atoms with van der Waals surface area (Å²) in [6.45, 7) is 4.38. The number of anilines is 1. The van der Waals surface area contributed by atoms with Gasteiger partial charge in [-0.2, -0.15) is 5.26 Å². The molecule has 0 fully saturated rings. The molecular formula is C15H15ClN4O. The van der Waals surface area contributed by atoms with Gasteiger partial charge in [-0.15, -0.1) is 0 Å². The Labute approximate surface area is 128 Å². The number of hydrogen-bond donors (Lipinski definition) is 1. The van der Waals surface area contributed by atoms with Crippen LogP contribution in [-0.4, -0.2) is 16.1 Å². The standard InChI is InChI=1S/C15H15ClN4O/c1-10(2)21-15-12(4-3-5-18-15)9-19-14-7-11(8-17)6-13(16)20-14/h3-7,10H,9H2,1-2H3,(H,19,20). The van der Waals surface area contributed by atoms with Crippen LogP contribution in [0.4, 0.5) is 5.82 Å². The normalized spacial score (nSPS) is 10.2. The Balaban J connectivity index is 2.13. The number of halogens is 1. The summed E-state index contributed by atoms with van der Waals surface area (Å²) in [4.78, 5) is 8.35. The molecule has 6 heteroatoms. The topological polar surface area (TPSA) is 70.8 Å². The maximum atomic E-state index is 8.92. The third-order valence-corrected chi connectivity index (χ3v) is 2.77. The molecule has 2 aromatic rings. The molecule has 108 valence electrons. The van der Waals surface area contributed by atoms with Crippen molar-refractivity contribution in [3.8, 4) is 11.9 Å². The van der Waals surface area contributed by atoms with Gasteiger partial charge in [0.15, 0.2) is 0 Å². The van der Waals surface area contributed by atoms with Crippen LogP contribution in [0.15, 0.2) is 30.5 Å². The second-order valence-electron chi connectivity index (χ2n) is 4.66. The van der Waals surface area contributed by atoms with Crippen LogP contribution in [0.25, 0.3) is 0 Å². The van der Waals surface area contributed by atoms with Gasteiger partial charge in [0.05, 0.1) is 17.7 Å². The predicted octanol–water partition coefficient (Wildman–Crippen LogP) is 3.40. The lowest BCUT2D eigenvalue weighted by Crippen LogP contribution is -2.11. The van der Waals surface area contributed by atoms with Crippen LogP contribution in [0.3, 0.4) is 0 Å². The third kappa shape index (κ3) is 4.33. The van der Waals surface area contributed by atoms with Crippen LogP contribution in [0, 0.1) is 11.3 Å². The van der Waals surface area contributed by atoms with Crippen LogP contribution in [0.2, 0.25) is 5.15 Å². The van der Waals surface area contributed by atoms with Crippen molar-refractivity contribution in [1.29, 1.82) is 5.26 Å². The van der Waals surface area contributed by atoms with E-state index in [1.807, 2.05) is 32.0 Å². The molecule has 2 aromatic heterocycles. The maximum absolute atomic E-state index is 8.92. The number of ether oxygens (including phenoxy) is 1. The molecule has 21 heavy (non-hydrogen) atoms. The molecule has 0 atom stereocenters. The molecule has 0 amide bonds. The summed E-state index contributed by atoms with van der Waals surface area (Å²) in [5, 5.41) is 12.3. The first-order chi connectivity index (χ1) is 10.1. The summed E-state index contributed by atoms with van der Waals surface area (Å²) < 4.78 is 5.65. The van der Waals surface area contributed by atoms with E-state index in [0.717, 1.165) is 5.56 Å². The van der Waals surface area contributed by atoms with Gasteiger partial charge in [-0.25, -0.2) is 9.97 Å². The van der Waals surface area contributed by atoms with Crippen molar-refractivity contribution >= 4 is 17.4 Å². The van der Waals surface area contributed by atoms with Crippen LogP contribution in [-0.2, 0) is 6.54 Å². The number of rotatable bonds is 5. The molecular weight excluding hydrogens is 288 g/mol. The van der Waals surface area contributed by atoms with Crippen molar-refractivity contribution in [2.75, 3.05) is 5.32 Å². The van der Waals surface area contributed by atoms with Crippen molar-refractivity contribution < 1.29 is 4.74 Å². The Bertz CT molecular complexity index is 667. The van der Waals surface area contributed by atoms with Gasteiger partial charge in [0.1, 0.15) is 11.0 Å². The van der Waals surface area contributed by atoms with Gasteiger partial charge in [0, 0.05) is 18.3 Å². The Morgan fingerprint density at radius 1 is 1.43 bits per heavy atom. The number of nitrogens with one attached hydrogen (secondary N) is 1. The lowest BCUT2D eigenvalue weighted by Gasteiger charge is -2.13. The van der Waals surface area contributed by atoms with E-state index in [1.54, 1.807) is 12.3 Å². The summed E-state index contributed by atoms with van der Waals surface area (Å²) in [6, 6.07) is 8.97. The van der Waals surface area contributed by atoms with E-state index in [-0.39, 0.29) is 11.3 Å². The van der Waals surface area contributed by atoms with Crippen LogP contribution in [0.1, 0.15) is 25.0 Å². The average molecular weight is 303 g/mol. The van der Waals surface area contributed by atoms with E-state index >= 15 is 0 Å². The molecule has 0 radical (unpaired) electrons. The van der Waals surface area contributed by atoms with Gasteiger partial charge < -0.3 is 10.1 Å². The van der Waals surface area contributed by atoms with Crippen molar-refractivity contribution in [2.24, 2.45) is 0 Å². The molecule has 2 rings (SSSR count). The summed E-state index contributed by atoms with van der Waals surface area (Å²) in [5.41, 5.74) is 1.37. The molecule has 1 N–H and O–H groups in total. The molecule has 0 bridgehead atoms. The molecule has 0 spiro atoms. The molecule has 0 aliphatic carbocycles. The first-order valence-electron chi connectivity index (χ1n) is 6.50. The van der Waals surface area contributed by atoms with Crippen molar-refractivity contribution in [3.63, 3.8) is 0 Å². The van der Waals surface area contributed by atoms with E-state index < -0.39 is 0 Å². The van der Waals surface area contributed by atoms with Crippen LogP contribution >= 0.6 is 11.6 Å². The minimum atomic E-state index is 0.0492. The molecule has 0 aliphatic heterocycles. The highest BCUT2D eigenvalue weighted by molar-refractivity contribution is 6.29. The predicted molar refractivity (Wildman–Crippen MR) is 81.3 cm³/mol. The fraction of sp³-hybridized carbons (Fsp3) is 0.267. The zero-order chi connectivity index (χ0) is 15.2. The first kappa shape index (κ1) is 15.1. The molecule has 5 nitrogen and oxygen atoms in total.